The number of H-pyrrole nitrogens is 1. The molecule has 0 unspecified atom stereocenters. The molecule has 22 heavy (non-hydrogen) atoms. The van der Waals surface area contributed by atoms with Crippen molar-refractivity contribution in [3.8, 4) is 11.4 Å². The van der Waals surface area contributed by atoms with Gasteiger partial charge in [0.1, 0.15) is 5.82 Å². The van der Waals surface area contributed by atoms with E-state index >= 15 is 0 Å². The zero-order valence-electron chi connectivity index (χ0n) is 11.7. The SMILES string of the molecule is Clc1cc2nc(-c3ccccc3N3CC=CC3)[nH]c2cc1Cl. The van der Waals surface area contributed by atoms with E-state index in [1.54, 1.807) is 6.07 Å². The molecular weight excluding hydrogens is 317 g/mol. The number of benzene rings is 2. The molecule has 1 aliphatic heterocycles. The molecular formula is C17H13Cl2N3. The van der Waals surface area contributed by atoms with Crippen molar-refractivity contribution in [2.24, 2.45) is 0 Å². The van der Waals surface area contributed by atoms with Gasteiger partial charge in [0.15, 0.2) is 0 Å². The van der Waals surface area contributed by atoms with E-state index in [4.69, 9.17) is 23.2 Å². The summed E-state index contributed by atoms with van der Waals surface area (Å²) in [6.45, 7) is 1.85. The molecule has 1 aromatic heterocycles. The van der Waals surface area contributed by atoms with Crippen LogP contribution in [-0.2, 0) is 0 Å². The van der Waals surface area contributed by atoms with E-state index in [0.29, 0.717) is 10.0 Å². The number of anilines is 1. The fourth-order valence-electron chi connectivity index (χ4n) is 2.76. The lowest BCUT2D eigenvalue weighted by atomic mass is 10.1. The molecule has 3 nitrogen and oxygen atoms in total. The molecule has 2 heterocycles. The third-order valence-corrected chi connectivity index (χ3v) is 4.56. The topological polar surface area (TPSA) is 31.9 Å². The van der Waals surface area contributed by atoms with E-state index in [9.17, 15) is 0 Å². The molecule has 0 saturated heterocycles. The maximum Gasteiger partial charge on any atom is 0.140 e. The Hall–Kier alpha value is -1.97. The van der Waals surface area contributed by atoms with E-state index in [2.05, 4.69) is 39.2 Å². The van der Waals surface area contributed by atoms with Crippen molar-refractivity contribution in [1.82, 2.24) is 9.97 Å². The summed E-state index contributed by atoms with van der Waals surface area (Å²) in [5.74, 6) is 0.829. The first-order valence-corrected chi connectivity index (χ1v) is 7.82. The van der Waals surface area contributed by atoms with E-state index in [-0.39, 0.29) is 0 Å². The number of aromatic amines is 1. The number of halogens is 2. The summed E-state index contributed by atoms with van der Waals surface area (Å²) in [6, 6.07) is 11.9. The van der Waals surface area contributed by atoms with E-state index in [1.807, 2.05) is 18.2 Å². The molecule has 3 aromatic rings. The van der Waals surface area contributed by atoms with Crippen LogP contribution in [0, 0.1) is 0 Å². The highest BCUT2D eigenvalue weighted by atomic mass is 35.5. The number of nitrogens with zero attached hydrogens (tertiary/aromatic N) is 2. The standard InChI is InChI=1S/C17H13Cl2N3/c18-12-9-14-15(10-13(12)19)21-17(20-14)11-5-1-2-6-16(11)22-7-3-4-8-22/h1-6,9-10H,7-8H2,(H,20,21). The normalized spacial score (nSPS) is 14.2. The Labute approximate surface area is 138 Å². The van der Waals surface area contributed by atoms with Crippen LogP contribution < -0.4 is 4.90 Å². The summed E-state index contributed by atoms with van der Waals surface area (Å²) in [4.78, 5) is 10.3. The summed E-state index contributed by atoms with van der Waals surface area (Å²) in [6.07, 6.45) is 4.35. The summed E-state index contributed by atoms with van der Waals surface area (Å²) in [7, 11) is 0. The van der Waals surface area contributed by atoms with Crippen molar-refractivity contribution in [1.29, 1.82) is 0 Å². The maximum absolute atomic E-state index is 6.08. The largest absolute Gasteiger partial charge is 0.363 e. The number of fused-ring (bicyclic) bond motifs is 1. The van der Waals surface area contributed by atoms with Crippen molar-refractivity contribution >= 4 is 39.9 Å². The van der Waals surface area contributed by atoms with Gasteiger partial charge in [0, 0.05) is 24.3 Å². The van der Waals surface area contributed by atoms with Crippen LogP contribution in [0.5, 0.6) is 0 Å². The summed E-state index contributed by atoms with van der Waals surface area (Å²) in [5, 5.41) is 1.05. The Bertz CT molecular complexity index is 836. The zero-order chi connectivity index (χ0) is 15.1. The lowest BCUT2D eigenvalue weighted by Crippen LogP contribution is -2.19. The van der Waals surface area contributed by atoms with Crippen LogP contribution in [0.15, 0.2) is 48.6 Å². The summed E-state index contributed by atoms with van der Waals surface area (Å²) >= 11 is 12.2. The van der Waals surface area contributed by atoms with Gasteiger partial charge in [0.2, 0.25) is 0 Å². The lowest BCUT2D eigenvalue weighted by molar-refractivity contribution is 1.01. The third-order valence-electron chi connectivity index (χ3n) is 3.84. The molecule has 0 fully saturated rings. The Morgan fingerprint density at radius 3 is 2.55 bits per heavy atom. The number of para-hydroxylation sites is 1. The monoisotopic (exact) mass is 329 g/mol. The van der Waals surface area contributed by atoms with Crippen molar-refractivity contribution in [3.63, 3.8) is 0 Å². The van der Waals surface area contributed by atoms with E-state index in [0.717, 1.165) is 35.5 Å². The summed E-state index contributed by atoms with van der Waals surface area (Å²) in [5.41, 5.74) is 3.95. The average Bonchev–Trinajstić information content (AvgIpc) is 3.17. The third kappa shape index (κ3) is 2.27. The Kier molecular flexibility index (Phi) is 3.32. The van der Waals surface area contributed by atoms with Gasteiger partial charge < -0.3 is 9.88 Å². The number of imidazole rings is 1. The maximum atomic E-state index is 6.08. The first-order valence-electron chi connectivity index (χ1n) is 7.06. The Balaban J connectivity index is 1.85. The van der Waals surface area contributed by atoms with Crippen LogP contribution in [0.25, 0.3) is 22.4 Å². The summed E-state index contributed by atoms with van der Waals surface area (Å²) < 4.78 is 0. The van der Waals surface area contributed by atoms with Crippen LogP contribution in [0.2, 0.25) is 10.0 Å². The Morgan fingerprint density at radius 2 is 1.73 bits per heavy atom. The second-order valence-corrected chi connectivity index (χ2v) is 6.08. The van der Waals surface area contributed by atoms with Crippen LogP contribution in [0.1, 0.15) is 0 Å². The molecule has 0 bridgehead atoms. The predicted molar refractivity (Wildman–Crippen MR) is 92.9 cm³/mol. The van der Waals surface area contributed by atoms with Gasteiger partial charge >= 0.3 is 0 Å². The molecule has 1 aliphatic rings. The van der Waals surface area contributed by atoms with E-state index in [1.165, 1.54) is 5.69 Å². The van der Waals surface area contributed by atoms with Gasteiger partial charge in [-0.25, -0.2) is 4.98 Å². The highest BCUT2D eigenvalue weighted by molar-refractivity contribution is 6.42. The molecule has 0 amide bonds. The minimum absolute atomic E-state index is 0.518. The fraction of sp³-hybridized carbons (Fsp3) is 0.118. The lowest BCUT2D eigenvalue weighted by Gasteiger charge is -2.20. The minimum atomic E-state index is 0.518. The van der Waals surface area contributed by atoms with Crippen molar-refractivity contribution in [2.75, 3.05) is 18.0 Å². The molecule has 110 valence electrons. The zero-order valence-corrected chi connectivity index (χ0v) is 13.2. The predicted octanol–water partition coefficient (Wildman–Crippen LogP) is 4.91. The van der Waals surface area contributed by atoms with Crippen LogP contribution >= 0.6 is 23.2 Å². The molecule has 0 aliphatic carbocycles. The second-order valence-electron chi connectivity index (χ2n) is 5.26. The van der Waals surface area contributed by atoms with Gasteiger partial charge in [0.25, 0.3) is 0 Å². The molecule has 1 N–H and O–H groups in total. The van der Waals surface area contributed by atoms with Crippen LogP contribution in [0.3, 0.4) is 0 Å². The number of nitrogens with one attached hydrogen (secondary N) is 1. The molecule has 0 atom stereocenters. The molecule has 0 spiro atoms. The smallest absolute Gasteiger partial charge is 0.140 e. The molecule has 2 aromatic carbocycles. The average molecular weight is 330 g/mol. The van der Waals surface area contributed by atoms with Gasteiger partial charge in [-0.1, -0.05) is 47.5 Å². The minimum Gasteiger partial charge on any atom is -0.363 e. The second kappa shape index (κ2) is 5.34. The van der Waals surface area contributed by atoms with Crippen molar-refractivity contribution < 1.29 is 0 Å². The first-order chi connectivity index (χ1) is 10.7. The number of aromatic nitrogens is 2. The number of hydrogen-bond acceptors (Lipinski definition) is 2. The van der Waals surface area contributed by atoms with Crippen molar-refractivity contribution in [3.05, 3.63) is 58.6 Å². The molecule has 4 rings (SSSR count). The van der Waals surface area contributed by atoms with Gasteiger partial charge in [-0.05, 0) is 24.3 Å². The fourth-order valence-corrected chi connectivity index (χ4v) is 3.08. The first kappa shape index (κ1) is 13.7. The van der Waals surface area contributed by atoms with Crippen LogP contribution in [-0.4, -0.2) is 23.1 Å². The molecule has 0 radical (unpaired) electrons. The number of hydrogen-bond donors (Lipinski definition) is 1. The quantitative estimate of drug-likeness (QED) is 0.677. The van der Waals surface area contributed by atoms with Crippen molar-refractivity contribution in [2.45, 2.75) is 0 Å². The van der Waals surface area contributed by atoms with Gasteiger partial charge in [-0.2, -0.15) is 0 Å². The van der Waals surface area contributed by atoms with Gasteiger partial charge in [-0.3, -0.25) is 0 Å². The molecule has 5 heteroatoms. The Morgan fingerprint density at radius 1 is 1.00 bits per heavy atom. The highest BCUT2D eigenvalue weighted by Gasteiger charge is 2.16. The van der Waals surface area contributed by atoms with Gasteiger partial charge in [-0.15, -0.1) is 0 Å². The van der Waals surface area contributed by atoms with Gasteiger partial charge in [0.05, 0.1) is 21.1 Å². The highest BCUT2D eigenvalue weighted by Crippen LogP contribution is 2.33. The van der Waals surface area contributed by atoms with E-state index < -0.39 is 0 Å². The number of rotatable bonds is 2. The molecule has 0 saturated carbocycles. The van der Waals surface area contributed by atoms with Crippen LogP contribution in [0.4, 0.5) is 5.69 Å².